The molecule has 0 spiro atoms. The molecule has 1 N–H and O–H groups in total. The van der Waals surface area contributed by atoms with E-state index in [0.29, 0.717) is 12.8 Å². The van der Waals surface area contributed by atoms with Gasteiger partial charge in [-0.3, -0.25) is 9.59 Å². The van der Waals surface area contributed by atoms with E-state index in [1.165, 1.54) is 205 Å². The molecule has 0 aromatic carbocycles. The van der Waals surface area contributed by atoms with Gasteiger partial charge in [-0.25, -0.2) is 0 Å². The van der Waals surface area contributed by atoms with E-state index in [1.807, 2.05) is 0 Å². The zero-order chi connectivity index (χ0) is 52.0. The molecule has 0 radical (unpaired) electrons. The molecule has 5 heteroatoms. The molecule has 72 heavy (non-hydrogen) atoms. The second-order valence-corrected chi connectivity index (χ2v) is 20.8. The molecule has 0 aliphatic carbocycles. The van der Waals surface area contributed by atoms with Gasteiger partial charge in [0.1, 0.15) is 6.61 Å². The summed E-state index contributed by atoms with van der Waals surface area (Å²) in [6.45, 7) is 4.05. The number of aliphatic hydroxyl groups excluding tert-OH is 1. The summed E-state index contributed by atoms with van der Waals surface area (Å²) in [5.74, 6) is -0.584. The number of hydrogen-bond acceptors (Lipinski definition) is 5. The summed E-state index contributed by atoms with van der Waals surface area (Å²) < 4.78 is 10.7. The Kier molecular flexibility index (Phi) is 59.8. The summed E-state index contributed by atoms with van der Waals surface area (Å²) in [4.78, 5) is 24.6. The molecule has 0 aliphatic rings. The fraction of sp³-hybridized carbons (Fsp3) is 0.761. The molecule has 5 nitrogen and oxygen atoms in total. The van der Waals surface area contributed by atoms with Crippen LogP contribution in [0.25, 0.3) is 0 Å². The Hall–Kier alpha value is -2.92. The van der Waals surface area contributed by atoms with Gasteiger partial charge in [-0.15, -0.1) is 0 Å². The molecule has 0 amide bonds. The molecule has 1 unspecified atom stereocenters. The smallest absolute Gasteiger partial charge is 0.306 e. The highest BCUT2D eigenvalue weighted by Gasteiger charge is 2.16. The maximum absolute atomic E-state index is 12.3. The number of hydrogen-bond donors (Lipinski definition) is 1. The maximum Gasteiger partial charge on any atom is 0.306 e. The molecule has 0 aliphatic heterocycles. The van der Waals surface area contributed by atoms with Crippen LogP contribution in [0.15, 0.2) is 85.1 Å². The van der Waals surface area contributed by atoms with Gasteiger partial charge in [0.05, 0.1) is 6.61 Å². The van der Waals surface area contributed by atoms with Gasteiger partial charge in [-0.2, -0.15) is 0 Å². The minimum Gasteiger partial charge on any atom is -0.462 e. The highest BCUT2D eigenvalue weighted by molar-refractivity contribution is 5.70. The minimum atomic E-state index is -0.778. The number of carbonyl (C=O) groups is 2. The van der Waals surface area contributed by atoms with E-state index in [4.69, 9.17) is 9.47 Å². The van der Waals surface area contributed by atoms with Gasteiger partial charge in [0.15, 0.2) is 6.10 Å². The van der Waals surface area contributed by atoms with E-state index in [-0.39, 0.29) is 25.2 Å². The van der Waals surface area contributed by atoms with Crippen LogP contribution in [0, 0.1) is 0 Å². The molecule has 0 saturated heterocycles. The van der Waals surface area contributed by atoms with Crippen molar-refractivity contribution in [3.05, 3.63) is 85.1 Å². The average molecular weight is 1000 g/mol. The Bertz CT molecular complexity index is 1320. The Morgan fingerprint density at radius 1 is 0.333 bits per heavy atom. The predicted octanol–water partition coefficient (Wildman–Crippen LogP) is 21.3. The number of allylic oxidation sites excluding steroid dienone is 14. The molecule has 0 fully saturated rings. The lowest BCUT2D eigenvalue weighted by Crippen LogP contribution is -2.28. The first kappa shape index (κ1) is 69.1. The van der Waals surface area contributed by atoms with Crippen molar-refractivity contribution in [1.82, 2.24) is 0 Å². The highest BCUT2D eigenvalue weighted by atomic mass is 16.6. The fourth-order valence-corrected chi connectivity index (χ4v) is 9.03. The third kappa shape index (κ3) is 59.6. The van der Waals surface area contributed by atoms with Crippen LogP contribution in [0.3, 0.4) is 0 Å². The number of rotatable bonds is 57. The number of esters is 2. The van der Waals surface area contributed by atoms with Crippen molar-refractivity contribution in [2.75, 3.05) is 13.2 Å². The lowest BCUT2D eigenvalue weighted by Gasteiger charge is -2.15. The summed E-state index contributed by atoms with van der Waals surface area (Å²) >= 11 is 0. The van der Waals surface area contributed by atoms with E-state index in [1.54, 1.807) is 0 Å². The van der Waals surface area contributed by atoms with Gasteiger partial charge in [-0.1, -0.05) is 292 Å². The number of aliphatic hydroxyl groups is 1. The third-order valence-electron chi connectivity index (χ3n) is 13.7. The molecule has 0 bridgehead atoms. The second kappa shape index (κ2) is 62.4. The lowest BCUT2D eigenvalue weighted by molar-refractivity contribution is -0.161. The van der Waals surface area contributed by atoms with Gasteiger partial charge < -0.3 is 14.6 Å². The van der Waals surface area contributed by atoms with Gasteiger partial charge in [0, 0.05) is 12.8 Å². The van der Waals surface area contributed by atoms with Gasteiger partial charge in [0.2, 0.25) is 0 Å². The quantitative estimate of drug-likeness (QED) is 0.0373. The molecular formula is C67H118O5. The standard InChI is InChI=1S/C67H118O5/c1-3-5-7-9-11-13-15-17-19-21-23-25-27-29-31-32-33-34-36-37-39-41-43-45-47-49-51-53-55-57-59-61-66(69)71-64-65(63-68)72-67(70)62-60-58-56-54-52-50-48-46-44-42-40-38-35-30-28-26-24-22-20-18-16-14-12-10-8-6-4-2/h6,8,12,14-15,17-18,20-21,23-24,26,30,35,65,68H,3-5,7,9-11,13,16,19,22,25,27-29,31-34,36-64H2,1-2H3/b8-6-,14-12-,17-15-,20-18-,23-21-,26-24-,35-30-. The molecular weight excluding hydrogens is 885 g/mol. The monoisotopic (exact) mass is 1000 g/mol. The Morgan fingerprint density at radius 2 is 0.597 bits per heavy atom. The normalized spacial score (nSPS) is 12.8. The van der Waals surface area contributed by atoms with Crippen LogP contribution < -0.4 is 0 Å². The molecule has 0 aromatic rings. The van der Waals surface area contributed by atoms with E-state index in [0.717, 1.165) is 77.0 Å². The van der Waals surface area contributed by atoms with Crippen LogP contribution in [0.4, 0.5) is 0 Å². The van der Waals surface area contributed by atoms with Crippen molar-refractivity contribution in [1.29, 1.82) is 0 Å². The average Bonchev–Trinajstić information content (AvgIpc) is 3.38. The summed E-state index contributed by atoms with van der Waals surface area (Å²) in [5, 5.41) is 9.68. The number of unbranched alkanes of at least 4 members (excludes halogenated alkanes) is 35. The van der Waals surface area contributed by atoms with Crippen molar-refractivity contribution in [2.24, 2.45) is 0 Å². The molecule has 0 saturated carbocycles. The molecule has 0 rings (SSSR count). The zero-order valence-electron chi connectivity index (χ0n) is 47.7. The molecule has 416 valence electrons. The van der Waals surface area contributed by atoms with Crippen molar-refractivity contribution in [3.8, 4) is 0 Å². The van der Waals surface area contributed by atoms with Crippen LogP contribution in [0.5, 0.6) is 0 Å². The van der Waals surface area contributed by atoms with Crippen LogP contribution >= 0.6 is 0 Å². The number of ether oxygens (including phenoxy) is 2. The first-order chi connectivity index (χ1) is 35.6. The fourth-order valence-electron chi connectivity index (χ4n) is 9.03. The molecule has 0 heterocycles. The van der Waals surface area contributed by atoms with Crippen LogP contribution in [0.2, 0.25) is 0 Å². The van der Waals surface area contributed by atoms with E-state index < -0.39 is 6.10 Å². The molecule has 0 aromatic heterocycles. The van der Waals surface area contributed by atoms with E-state index >= 15 is 0 Å². The second-order valence-electron chi connectivity index (χ2n) is 20.8. The van der Waals surface area contributed by atoms with Crippen LogP contribution in [0.1, 0.15) is 309 Å². The van der Waals surface area contributed by atoms with Crippen molar-refractivity contribution in [3.63, 3.8) is 0 Å². The largest absolute Gasteiger partial charge is 0.462 e. The number of carbonyl (C=O) groups excluding carboxylic acids is 2. The van der Waals surface area contributed by atoms with Gasteiger partial charge in [-0.05, 0) is 89.9 Å². The maximum atomic E-state index is 12.3. The highest BCUT2D eigenvalue weighted by Crippen LogP contribution is 2.17. The predicted molar refractivity (Wildman–Crippen MR) is 316 cm³/mol. The first-order valence-corrected chi connectivity index (χ1v) is 31.1. The Balaban J connectivity index is 3.46. The molecule has 1 atom stereocenters. The SMILES string of the molecule is CC/C=C\C/C=C\C/C=C\C/C=C\C/C=C\CCCCCCCCCCCCCC(=O)OC(CO)COC(=O)CCCCCCCCCCCCCCCCCCCCC/C=C\C/C=C\CCCCCCC. The van der Waals surface area contributed by atoms with Crippen molar-refractivity contribution < 1.29 is 24.2 Å². The van der Waals surface area contributed by atoms with Gasteiger partial charge in [0.25, 0.3) is 0 Å². The van der Waals surface area contributed by atoms with Gasteiger partial charge >= 0.3 is 11.9 Å². The van der Waals surface area contributed by atoms with Crippen molar-refractivity contribution >= 4 is 11.9 Å². The topological polar surface area (TPSA) is 72.8 Å². The van der Waals surface area contributed by atoms with Crippen molar-refractivity contribution in [2.45, 2.75) is 315 Å². The third-order valence-corrected chi connectivity index (χ3v) is 13.7. The Morgan fingerprint density at radius 3 is 0.903 bits per heavy atom. The summed E-state index contributed by atoms with van der Waals surface area (Å²) in [7, 11) is 0. The van der Waals surface area contributed by atoms with E-state index in [9.17, 15) is 14.7 Å². The summed E-state index contributed by atoms with van der Waals surface area (Å²) in [6.07, 6.45) is 87.2. The van der Waals surface area contributed by atoms with E-state index in [2.05, 4.69) is 98.9 Å². The van der Waals surface area contributed by atoms with Crippen LogP contribution in [-0.4, -0.2) is 36.4 Å². The summed E-state index contributed by atoms with van der Waals surface area (Å²) in [6, 6.07) is 0. The lowest BCUT2D eigenvalue weighted by atomic mass is 10.0. The van der Waals surface area contributed by atoms with Crippen LogP contribution in [-0.2, 0) is 19.1 Å². The summed E-state index contributed by atoms with van der Waals surface area (Å²) in [5.41, 5.74) is 0. The first-order valence-electron chi connectivity index (χ1n) is 31.1. The Labute approximate surface area is 447 Å². The minimum absolute atomic E-state index is 0.0673. The zero-order valence-corrected chi connectivity index (χ0v) is 47.7.